The summed E-state index contributed by atoms with van der Waals surface area (Å²) in [6.45, 7) is 0. The molecule has 0 amide bonds. The van der Waals surface area contributed by atoms with Gasteiger partial charge >= 0.3 is 0 Å². The second-order valence-corrected chi connectivity index (χ2v) is 6.39. The largest absolute Gasteiger partial charge is 0.324 e. The van der Waals surface area contributed by atoms with E-state index in [1.165, 1.54) is 25.7 Å². The van der Waals surface area contributed by atoms with Crippen molar-refractivity contribution in [1.29, 1.82) is 0 Å². The van der Waals surface area contributed by atoms with Crippen molar-refractivity contribution < 1.29 is 0 Å². The maximum absolute atomic E-state index is 6.25. The highest BCUT2D eigenvalue weighted by molar-refractivity contribution is 9.10. The molecule has 0 aliphatic heterocycles. The molecule has 0 aromatic carbocycles. The minimum atomic E-state index is -0.0630. The van der Waals surface area contributed by atoms with Crippen LogP contribution < -0.4 is 5.73 Å². The Morgan fingerprint density at radius 1 is 1.35 bits per heavy atom. The molecule has 0 radical (unpaired) electrons. The van der Waals surface area contributed by atoms with Gasteiger partial charge in [0.25, 0.3) is 0 Å². The molecular weight excluding hydrogens is 316 g/mol. The molecule has 2 aromatic heterocycles. The van der Waals surface area contributed by atoms with E-state index in [2.05, 4.69) is 43.0 Å². The molecule has 4 nitrogen and oxygen atoms in total. The van der Waals surface area contributed by atoms with Gasteiger partial charge in [0.1, 0.15) is 0 Å². The fourth-order valence-corrected chi connectivity index (χ4v) is 3.22. The molecule has 0 saturated heterocycles. The first-order valence-electron chi connectivity index (χ1n) is 7.12. The topological polar surface area (TPSA) is 56.7 Å². The molecule has 3 rings (SSSR count). The molecule has 5 heteroatoms. The minimum absolute atomic E-state index is 0.0630. The molecular formula is C15H19BrN4. The molecule has 2 aromatic rings. The summed E-state index contributed by atoms with van der Waals surface area (Å²) in [6, 6.07) is 4.63. The van der Waals surface area contributed by atoms with E-state index in [9.17, 15) is 0 Å². The predicted molar refractivity (Wildman–Crippen MR) is 82.3 cm³/mol. The van der Waals surface area contributed by atoms with Crippen LogP contribution in [0, 0.1) is 0 Å². The molecule has 2 N–H and O–H groups in total. The van der Waals surface area contributed by atoms with Crippen LogP contribution in [-0.4, -0.2) is 14.8 Å². The van der Waals surface area contributed by atoms with Crippen molar-refractivity contribution >= 4 is 15.9 Å². The fraction of sp³-hybridized carbons (Fsp3) is 0.467. The SMILES string of the molecule is NC(Cc1ccn(C2CCCC2)n1)c1cncc(Br)c1. The van der Waals surface area contributed by atoms with Crippen molar-refractivity contribution in [3.63, 3.8) is 0 Å². The summed E-state index contributed by atoms with van der Waals surface area (Å²) >= 11 is 3.43. The molecule has 1 unspecified atom stereocenters. The second kappa shape index (κ2) is 6.06. The zero-order chi connectivity index (χ0) is 13.9. The number of aromatic nitrogens is 3. The lowest BCUT2D eigenvalue weighted by Gasteiger charge is -2.11. The Hall–Kier alpha value is -1.20. The van der Waals surface area contributed by atoms with Crippen molar-refractivity contribution in [2.75, 3.05) is 0 Å². The van der Waals surface area contributed by atoms with Crippen LogP contribution in [-0.2, 0) is 6.42 Å². The van der Waals surface area contributed by atoms with E-state index in [1.54, 1.807) is 6.20 Å². The highest BCUT2D eigenvalue weighted by atomic mass is 79.9. The third-order valence-corrected chi connectivity index (χ3v) is 4.38. The Kier molecular flexibility index (Phi) is 4.17. The van der Waals surface area contributed by atoms with Gasteiger partial charge in [0, 0.05) is 35.5 Å². The lowest BCUT2D eigenvalue weighted by atomic mass is 10.1. The Morgan fingerprint density at radius 3 is 2.90 bits per heavy atom. The van der Waals surface area contributed by atoms with E-state index in [1.807, 2.05) is 12.3 Å². The van der Waals surface area contributed by atoms with Gasteiger partial charge in [0.05, 0.1) is 11.7 Å². The normalized spacial score (nSPS) is 17.5. The molecule has 1 saturated carbocycles. The average molecular weight is 335 g/mol. The highest BCUT2D eigenvalue weighted by Gasteiger charge is 2.18. The molecule has 1 aliphatic rings. The van der Waals surface area contributed by atoms with Gasteiger partial charge in [-0.25, -0.2) is 0 Å². The number of rotatable bonds is 4. The van der Waals surface area contributed by atoms with Gasteiger partial charge in [-0.1, -0.05) is 12.8 Å². The lowest BCUT2D eigenvalue weighted by Crippen LogP contribution is -2.14. The fourth-order valence-electron chi connectivity index (χ4n) is 2.83. The monoisotopic (exact) mass is 334 g/mol. The second-order valence-electron chi connectivity index (χ2n) is 5.47. The van der Waals surface area contributed by atoms with Gasteiger partial charge in [-0.15, -0.1) is 0 Å². The van der Waals surface area contributed by atoms with E-state index in [0.29, 0.717) is 6.04 Å². The highest BCUT2D eigenvalue weighted by Crippen LogP contribution is 2.29. The maximum atomic E-state index is 6.25. The Morgan fingerprint density at radius 2 is 2.15 bits per heavy atom. The summed E-state index contributed by atoms with van der Waals surface area (Å²) in [4.78, 5) is 4.16. The Labute approximate surface area is 127 Å². The van der Waals surface area contributed by atoms with Crippen LogP contribution in [0.3, 0.4) is 0 Å². The first-order chi connectivity index (χ1) is 9.72. The van der Waals surface area contributed by atoms with Gasteiger partial charge in [-0.05, 0) is 46.5 Å². The number of halogens is 1. The Bertz CT molecular complexity index is 575. The first kappa shape index (κ1) is 13.8. The van der Waals surface area contributed by atoms with Crippen LogP contribution in [0.25, 0.3) is 0 Å². The van der Waals surface area contributed by atoms with Gasteiger partial charge < -0.3 is 5.73 Å². The van der Waals surface area contributed by atoms with Crippen molar-refractivity contribution in [3.8, 4) is 0 Å². The molecule has 0 spiro atoms. The zero-order valence-corrected chi connectivity index (χ0v) is 13.0. The van der Waals surface area contributed by atoms with Crippen molar-refractivity contribution in [2.45, 2.75) is 44.2 Å². The molecule has 106 valence electrons. The predicted octanol–water partition coefficient (Wildman–Crippen LogP) is 3.40. The summed E-state index contributed by atoms with van der Waals surface area (Å²) in [6.07, 6.45) is 11.6. The van der Waals surface area contributed by atoms with Gasteiger partial charge in [0.15, 0.2) is 0 Å². The third-order valence-electron chi connectivity index (χ3n) is 3.95. The van der Waals surface area contributed by atoms with Crippen molar-refractivity contribution in [2.24, 2.45) is 5.73 Å². The van der Waals surface area contributed by atoms with E-state index >= 15 is 0 Å². The van der Waals surface area contributed by atoms with Crippen LogP contribution in [0.1, 0.15) is 49.0 Å². The van der Waals surface area contributed by atoms with Crippen LogP contribution >= 0.6 is 15.9 Å². The van der Waals surface area contributed by atoms with Crippen molar-refractivity contribution in [1.82, 2.24) is 14.8 Å². The van der Waals surface area contributed by atoms with E-state index in [4.69, 9.17) is 5.73 Å². The molecule has 1 atom stereocenters. The van der Waals surface area contributed by atoms with Gasteiger partial charge in [-0.3, -0.25) is 9.67 Å². The summed E-state index contributed by atoms with van der Waals surface area (Å²) in [5.74, 6) is 0. The summed E-state index contributed by atoms with van der Waals surface area (Å²) in [5.41, 5.74) is 8.34. The molecule has 1 aliphatic carbocycles. The molecule has 2 heterocycles. The minimum Gasteiger partial charge on any atom is -0.324 e. The summed E-state index contributed by atoms with van der Waals surface area (Å²) < 4.78 is 3.08. The number of hydrogen-bond donors (Lipinski definition) is 1. The number of pyridine rings is 1. The van der Waals surface area contributed by atoms with Crippen LogP contribution in [0.15, 0.2) is 35.2 Å². The quantitative estimate of drug-likeness (QED) is 0.932. The number of hydrogen-bond acceptors (Lipinski definition) is 3. The average Bonchev–Trinajstić information content (AvgIpc) is 3.08. The van der Waals surface area contributed by atoms with Crippen molar-refractivity contribution in [3.05, 3.63) is 46.5 Å². The zero-order valence-electron chi connectivity index (χ0n) is 11.4. The standard InChI is InChI=1S/C15H19BrN4/c16-12-7-11(9-18-10-12)15(17)8-13-5-6-20(19-13)14-3-1-2-4-14/h5-7,9-10,14-15H,1-4,8,17H2. The van der Waals surface area contributed by atoms with E-state index < -0.39 is 0 Å². The van der Waals surface area contributed by atoms with Crippen LogP contribution in [0.4, 0.5) is 0 Å². The maximum Gasteiger partial charge on any atom is 0.0643 e. The van der Waals surface area contributed by atoms with E-state index in [-0.39, 0.29) is 6.04 Å². The number of nitrogens with two attached hydrogens (primary N) is 1. The number of nitrogens with zero attached hydrogens (tertiary/aromatic N) is 3. The molecule has 1 fully saturated rings. The lowest BCUT2D eigenvalue weighted by molar-refractivity contribution is 0.461. The molecule has 20 heavy (non-hydrogen) atoms. The first-order valence-corrected chi connectivity index (χ1v) is 7.92. The molecule has 0 bridgehead atoms. The van der Waals surface area contributed by atoms with Crippen LogP contribution in [0.5, 0.6) is 0 Å². The van der Waals surface area contributed by atoms with Crippen LogP contribution in [0.2, 0.25) is 0 Å². The van der Waals surface area contributed by atoms with Gasteiger partial charge in [0.2, 0.25) is 0 Å². The Balaban J connectivity index is 1.68. The van der Waals surface area contributed by atoms with E-state index in [0.717, 1.165) is 22.2 Å². The summed E-state index contributed by atoms with van der Waals surface area (Å²) in [7, 11) is 0. The third kappa shape index (κ3) is 3.10. The summed E-state index contributed by atoms with van der Waals surface area (Å²) in [5, 5.41) is 4.68. The van der Waals surface area contributed by atoms with Gasteiger partial charge in [-0.2, -0.15) is 5.10 Å². The smallest absolute Gasteiger partial charge is 0.0643 e.